The minimum absolute atomic E-state index is 0.00343. The van der Waals surface area contributed by atoms with Gasteiger partial charge in [-0.05, 0) is 38.0 Å². The highest BCUT2D eigenvalue weighted by Gasteiger charge is 2.15. The molecule has 0 unspecified atom stereocenters. The summed E-state index contributed by atoms with van der Waals surface area (Å²) in [6.45, 7) is 6.43. The molecule has 1 heterocycles. The summed E-state index contributed by atoms with van der Waals surface area (Å²) in [4.78, 5) is 11.6. The Hall–Kier alpha value is -1.48. The van der Waals surface area contributed by atoms with E-state index in [1.165, 1.54) is 0 Å². The molecule has 1 amide bonds. The maximum atomic E-state index is 11.6. The molecule has 0 bridgehead atoms. The molecule has 0 aliphatic heterocycles. The molecule has 18 heavy (non-hydrogen) atoms. The summed E-state index contributed by atoms with van der Waals surface area (Å²) >= 11 is 6.24. The molecule has 1 aromatic carbocycles. The fourth-order valence-electron chi connectivity index (χ4n) is 2.17. The third-order valence-electron chi connectivity index (χ3n) is 3.02. The molecule has 0 saturated carbocycles. The number of halogens is 1. The fraction of sp³-hybridized carbons (Fsp3) is 0.357. The number of rotatable bonds is 3. The molecule has 4 heteroatoms. The molecule has 96 valence electrons. The Morgan fingerprint density at radius 1 is 1.44 bits per heavy atom. The molecule has 0 saturated heterocycles. The Morgan fingerprint density at radius 3 is 2.83 bits per heavy atom. The van der Waals surface area contributed by atoms with Gasteiger partial charge in [0.05, 0.1) is 12.7 Å². The predicted molar refractivity (Wildman–Crippen MR) is 73.1 cm³/mol. The van der Waals surface area contributed by atoms with Crippen molar-refractivity contribution in [3.63, 3.8) is 0 Å². The number of nitrogens with one attached hydrogen (secondary N) is 1. The lowest BCUT2D eigenvalue weighted by atomic mass is 10.0. The van der Waals surface area contributed by atoms with E-state index in [1.54, 1.807) is 6.26 Å². The third-order valence-corrected chi connectivity index (χ3v) is 3.60. The minimum Gasteiger partial charge on any atom is -0.464 e. The molecule has 0 radical (unpaired) electrons. The number of furan rings is 1. The summed E-state index contributed by atoms with van der Waals surface area (Å²) in [6, 6.07) is 1.91. The van der Waals surface area contributed by atoms with Gasteiger partial charge in [0.25, 0.3) is 0 Å². The van der Waals surface area contributed by atoms with Crippen LogP contribution >= 0.6 is 11.6 Å². The van der Waals surface area contributed by atoms with Crippen LogP contribution in [-0.4, -0.2) is 12.5 Å². The molecular formula is C14H16ClNO2. The van der Waals surface area contributed by atoms with Gasteiger partial charge >= 0.3 is 0 Å². The van der Waals surface area contributed by atoms with E-state index in [4.69, 9.17) is 16.0 Å². The number of likely N-dealkylation sites (N-methyl/N-ethyl adjacent to an activating group) is 1. The van der Waals surface area contributed by atoms with Gasteiger partial charge in [-0.15, -0.1) is 0 Å². The number of carbonyl (C=O) groups is 1. The van der Waals surface area contributed by atoms with Crippen LogP contribution in [0.25, 0.3) is 11.0 Å². The predicted octanol–water partition coefficient (Wildman–Crippen LogP) is 3.38. The summed E-state index contributed by atoms with van der Waals surface area (Å²) in [6.07, 6.45) is 1.96. The van der Waals surface area contributed by atoms with Gasteiger partial charge in [0.2, 0.25) is 5.91 Å². The highest BCUT2D eigenvalue weighted by atomic mass is 35.5. The Bertz CT molecular complexity index is 601. The second kappa shape index (κ2) is 5.02. The van der Waals surface area contributed by atoms with E-state index in [0.29, 0.717) is 13.0 Å². The highest BCUT2D eigenvalue weighted by molar-refractivity contribution is 6.33. The number of fused-ring (bicyclic) bond motifs is 1. The first-order valence-corrected chi connectivity index (χ1v) is 6.34. The van der Waals surface area contributed by atoms with Crippen molar-refractivity contribution in [1.29, 1.82) is 0 Å². The van der Waals surface area contributed by atoms with Gasteiger partial charge in [-0.3, -0.25) is 4.79 Å². The largest absolute Gasteiger partial charge is 0.464 e. The molecular weight excluding hydrogens is 250 g/mol. The first-order valence-electron chi connectivity index (χ1n) is 5.97. The molecule has 0 aliphatic carbocycles. The van der Waals surface area contributed by atoms with Crippen LogP contribution in [0.1, 0.15) is 23.6 Å². The van der Waals surface area contributed by atoms with Gasteiger partial charge in [0.1, 0.15) is 5.58 Å². The Balaban J connectivity index is 2.47. The van der Waals surface area contributed by atoms with Crippen LogP contribution in [-0.2, 0) is 11.2 Å². The van der Waals surface area contributed by atoms with Gasteiger partial charge in [0.15, 0.2) is 0 Å². The van der Waals surface area contributed by atoms with Crippen molar-refractivity contribution in [2.45, 2.75) is 27.2 Å². The maximum absolute atomic E-state index is 11.6. The van der Waals surface area contributed by atoms with E-state index < -0.39 is 0 Å². The van der Waals surface area contributed by atoms with Crippen molar-refractivity contribution < 1.29 is 9.21 Å². The normalized spacial score (nSPS) is 10.9. The van der Waals surface area contributed by atoms with Crippen molar-refractivity contribution in [2.75, 3.05) is 6.54 Å². The summed E-state index contributed by atoms with van der Waals surface area (Å²) in [5.41, 5.74) is 3.63. The van der Waals surface area contributed by atoms with E-state index in [1.807, 2.05) is 26.8 Å². The molecule has 3 nitrogen and oxygen atoms in total. The monoisotopic (exact) mass is 265 g/mol. The van der Waals surface area contributed by atoms with Gasteiger partial charge in [-0.25, -0.2) is 0 Å². The van der Waals surface area contributed by atoms with E-state index in [2.05, 4.69) is 5.32 Å². The summed E-state index contributed by atoms with van der Waals surface area (Å²) < 4.78 is 5.51. The summed E-state index contributed by atoms with van der Waals surface area (Å²) in [5.74, 6) is -0.00343. The smallest absolute Gasteiger partial charge is 0.224 e. The van der Waals surface area contributed by atoms with E-state index in [0.717, 1.165) is 32.7 Å². The zero-order valence-electron chi connectivity index (χ0n) is 10.8. The number of hydrogen-bond donors (Lipinski definition) is 1. The van der Waals surface area contributed by atoms with E-state index in [-0.39, 0.29) is 5.91 Å². The van der Waals surface area contributed by atoms with Crippen molar-refractivity contribution in [2.24, 2.45) is 0 Å². The highest BCUT2D eigenvalue weighted by Crippen LogP contribution is 2.32. The first-order chi connectivity index (χ1) is 8.54. The lowest BCUT2D eigenvalue weighted by molar-refractivity contribution is -0.120. The second-order valence-electron chi connectivity index (χ2n) is 4.40. The maximum Gasteiger partial charge on any atom is 0.224 e. The van der Waals surface area contributed by atoms with Crippen molar-refractivity contribution in [3.05, 3.63) is 34.0 Å². The SMILES string of the molecule is CCNC(=O)Cc1coc2cc(C)c(Cl)c(C)c12. The Morgan fingerprint density at radius 2 is 2.17 bits per heavy atom. The zero-order chi connectivity index (χ0) is 13.3. The number of carbonyl (C=O) groups excluding carboxylic acids is 1. The van der Waals surface area contributed by atoms with Gasteiger partial charge < -0.3 is 9.73 Å². The van der Waals surface area contributed by atoms with Gasteiger partial charge in [0, 0.05) is 22.5 Å². The first kappa shape index (κ1) is 13.0. The summed E-state index contributed by atoms with van der Waals surface area (Å²) in [5, 5.41) is 4.47. The minimum atomic E-state index is -0.00343. The van der Waals surface area contributed by atoms with Gasteiger partial charge in [-0.1, -0.05) is 11.6 Å². The number of aryl methyl sites for hydroxylation is 2. The van der Waals surface area contributed by atoms with Crippen LogP contribution in [0.4, 0.5) is 0 Å². The molecule has 2 aromatic rings. The number of benzene rings is 1. The third kappa shape index (κ3) is 2.23. The Labute approximate surface area is 111 Å². The van der Waals surface area contributed by atoms with Crippen LogP contribution in [0.5, 0.6) is 0 Å². The number of amides is 1. The standard InChI is InChI=1S/C14H16ClNO2/c1-4-16-12(17)6-10-7-18-11-5-8(2)14(15)9(3)13(10)11/h5,7H,4,6H2,1-3H3,(H,16,17). The zero-order valence-corrected chi connectivity index (χ0v) is 11.5. The molecule has 2 rings (SSSR count). The Kier molecular flexibility index (Phi) is 3.62. The van der Waals surface area contributed by atoms with Crippen molar-refractivity contribution in [1.82, 2.24) is 5.32 Å². The topological polar surface area (TPSA) is 42.2 Å². The van der Waals surface area contributed by atoms with Crippen LogP contribution < -0.4 is 5.32 Å². The molecule has 0 fully saturated rings. The quantitative estimate of drug-likeness (QED) is 0.924. The molecule has 0 aliphatic rings. The van der Waals surface area contributed by atoms with Crippen LogP contribution in [0, 0.1) is 13.8 Å². The van der Waals surface area contributed by atoms with Crippen LogP contribution in [0.3, 0.4) is 0 Å². The average Bonchev–Trinajstić information content (AvgIpc) is 2.69. The molecule has 1 N–H and O–H groups in total. The number of hydrogen-bond acceptors (Lipinski definition) is 2. The lowest BCUT2D eigenvalue weighted by Crippen LogP contribution is -2.24. The van der Waals surface area contributed by atoms with Crippen molar-refractivity contribution >= 4 is 28.5 Å². The van der Waals surface area contributed by atoms with Crippen LogP contribution in [0.2, 0.25) is 5.02 Å². The molecule has 0 spiro atoms. The van der Waals surface area contributed by atoms with Gasteiger partial charge in [-0.2, -0.15) is 0 Å². The van der Waals surface area contributed by atoms with Crippen molar-refractivity contribution in [3.8, 4) is 0 Å². The second-order valence-corrected chi connectivity index (χ2v) is 4.77. The summed E-state index contributed by atoms with van der Waals surface area (Å²) in [7, 11) is 0. The fourth-order valence-corrected chi connectivity index (χ4v) is 2.32. The lowest BCUT2D eigenvalue weighted by Gasteiger charge is -2.05. The van der Waals surface area contributed by atoms with E-state index in [9.17, 15) is 4.79 Å². The molecule has 0 atom stereocenters. The van der Waals surface area contributed by atoms with E-state index >= 15 is 0 Å². The molecule has 1 aromatic heterocycles. The average molecular weight is 266 g/mol. The van der Waals surface area contributed by atoms with Crippen LogP contribution in [0.15, 0.2) is 16.7 Å².